The van der Waals surface area contributed by atoms with Gasteiger partial charge in [0.05, 0.1) is 19.4 Å². The van der Waals surface area contributed by atoms with Gasteiger partial charge >= 0.3 is 0 Å². The molecule has 1 saturated heterocycles. The fourth-order valence-electron chi connectivity index (χ4n) is 2.30. The second-order valence-electron chi connectivity index (χ2n) is 4.95. The first-order valence-electron chi connectivity index (χ1n) is 7.32. The Morgan fingerprint density at radius 1 is 1.37 bits per heavy atom. The third kappa shape index (κ3) is 4.30. The molecule has 2 rings (SSSR count). The summed E-state index contributed by atoms with van der Waals surface area (Å²) in [6.45, 7) is 7.72. The van der Waals surface area contributed by atoms with E-state index in [2.05, 4.69) is 30.5 Å². The average Bonchev–Trinajstić information content (AvgIpc) is 3.06. The van der Waals surface area contributed by atoms with Gasteiger partial charge in [0.15, 0.2) is 6.29 Å². The SMILES string of the molecule is CCCNC(CC1OCCO1)c1cnn(CCC)c1. The molecule has 1 unspecified atom stereocenters. The molecule has 0 aliphatic carbocycles. The minimum absolute atomic E-state index is 0.0797. The van der Waals surface area contributed by atoms with Crippen molar-refractivity contribution in [1.82, 2.24) is 15.1 Å². The van der Waals surface area contributed by atoms with Crippen molar-refractivity contribution in [3.8, 4) is 0 Å². The van der Waals surface area contributed by atoms with Gasteiger partial charge in [-0.3, -0.25) is 4.68 Å². The van der Waals surface area contributed by atoms with Gasteiger partial charge in [0.1, 0.15) is 0 Å². The molecular formula is C14H25N3O2. The summed E-state index contributed by atoms with van der Waals surface area (Å²) in [6, 6.07) is 0.258. The Kier molecular flexibility index (Phi) is 5.82. The molecule has 0 spiro atoms. The number of aromatic nitrogens is 2. The summed E-state index contributed by atoms with van der Waals surface area (Å²) < 4.78 is 13.1. The van der Waals surface area contributed by atoms with E-state index in [1.165, 1.54) is 5.56 Å². The van der Waals surface area contributed by atoms with Gasteiger partial charge in [0, 0.05) is 30.8 Å². The summed E-state index contributed by atoms with van der Waals surface area (Å²) in [5.41, 5.74) is 1.22. The smallest absolute Gasteiger partial charge is 0.159 e. The van der Waals surface area contributed by atoms with Crippen LogP contribution in [0, 0.1) is 0 Å². The van der Waals surface area contributed by atoms with E-state index in [0.29, 0.717) is 13.2 Å². The van der Waals surface area contributed by atoms with Gasteiger partial charge in [-0.15, -0.1) is 0 Å². The van der Waals surface area contributed by atoms with Crippen molar-refractivity contribution in [2.75, 3.05) is 19.8 Å². The van der Waals surface area contributed by atoms with E-state index in [1.807, 2.05) is 10.9 Å². The lowest BCUT2D eigenvalue weighted by atomic mass is 10.1. The summed E-state index contributed by atoms with van der Waals surface area (Å²) in [4.78, 5) is 0. The van der Waals surface area contributed by atoms with Crippen LogP contribution in [0.25, 0.3) is 0 Å². The van der Waals surface area contributed by atoms with Crippen molar-refractivity contribution >= 4 is 0 Å². The molecule has 0 amide bonds. The number of hydrogen-bond donors (Lipinski definition) is 1. The molecule has 0 aromatic carbocycles. The van der Waals surface area contributed by atoms with E-state index in [9.17, 15) is 0 Å². The van der Waals surface area contributed by atoms with E-state index in [1.54, 1.807) is 0 Å². The minimum atomic E-state index is -0.0797. The van der Waals surface area contributed by atoms with Gasteiger partial charge in [-0.2, -0.15) is 5.10 Å². The van der Waals surface area contributed by atoms with Gasteiger partial charge in [0.25, 0.3) is 0 Å². The maximum absolute atomic E-state index is 5.55. The molecular weight excluding hydrogens is 242 g/mol. The van der Waals surface area contributed by atoms with Crippen molar-refractivity contribution in [2.45, 2.75) is 52.0 Å². The Balaban J connectivity index is 1.97. The first-order chi connectivity index (χ1) is 9.33. The van der Waals surface area contributed by atoms with Gasteiger partial charge < -0.3 is 14.8 Å². The Morgan fingerprint density at radius 2 is 2.16 bits per heavy atom. The predicted molar refractivity (Wildman–Crippen MR) is 73.9 cm³/mol. The monoisotopic (exact) mass is 267 g/mol. The molecule has 2 heterocycles. The molecule has 19 heavy (non-hydrogen) atoms. The zero-order valence-corrected chi connectivity index (χ0v) is 12.0. The number of nitrogens with zero attached hydrogens (tertiary/aromatic N) is 2. The molecule has 1 aliphatic heterocycles. The zero-order valence-electron chi connectivity index (χ0n) is 12.0. The van der Waals surface area contributed by atoms with Crippen LogP contribution in [0.5, 0.6) is 0 Å². The van der Waals surface area contributed by atoms with E-state index in [0.717, 1.165) is 32.4 Å². The lowest BCUT2D eigenvalue weighted by Crippen LogP contribution is -2.26. The van der Waals surface area contributed by atoms with Crippen molar-refractivity contribution in [1.29, 1.82) is 0 Å². The fourth-order valence-corrected chi connectivity index (χ4v) is 2.30. The van der Waals surface area contributed by atoms with Crippen LogP contribution in [0.15, 0.2) is 12.4 Å². The number of aryl methyl sites for hydroxylation is 1. The summed E-state index contributed by atoms with van der Waals surface area (Å²) >= 11 is 0. The van der Waals surface area contributed by atoms with Gasteiger partial charge in [-0.05, 0) is 19.4 Å². The van der Waals surface area contributed by atoms with Crippen LogP contribution in [0.4, 0.5) is 0 Å². The van der Waals surface area contributed by atoms with E-state index < -0.39 is 0 Å². The average molecular weight is 267 g/mol. The molecule has 0 radical (unpaired) electrons. The highest BCUT2D eigenvalue weighted by Crippen LogP contribution is 2.22. The van der Waals surface area contributed by atoms with Crippen LogP contribution in [0.1, 0.15) is 44.7 Å². The van der Waals surface area contributed by atoms with E-state index >= 15 is 0 Å². The Hall–Kier alpha value is -0.910. The topological polar surface area (TPSA) is 48.3 Å². The van der Waals surface area contributed by atoms with E-state index in [4.69, 9.17) is 9.47 Å². The lowest BCUT2D eigenvalue weighted by molar-refractivity contribution is -0.0530. The second-order valence-corrected chi connectivity index (χ2v) is 4.95. The molecule has 0 saturated carbocycles. The normalized spacial score (nSPS) is 18.0. The van der Waals surface area contributed by atoms with Crippen molar-refractivity contribution in [3.63, 3.8) is 0 Å². The predicted octanol–water partition coefficient (Wildman–Crippen LogP) is 2.10. The maximum atomic E-state index is 5.55. The fraction of sp³-hybridized carbons (Fsp3) is 0.786. The molecule has 5 heteroatoms. The Bertz CT molecular complexity index is 361. The highest BCUT2D eigenvalue weighted by atomic mass is 16.7. The van der Waals surface area contributed by atoms with Crippen molar-refractivity contribution in [2.24, 2.45) is 0 Å². The summed E-state index contributed by atoms with van der Waals surface area (Å²) in [6.07, 6.45) is 7.07. The van der Waals surface area contributed by atoms with Crippen LogP contribution < -0.4 is 5.32 Å². The quantitative estimate of drug-likeness (QED) is 0.783. The van der Waals surface area contributed by atoms with Crippen LogP contribution in [0.3, 0.4) is 0 Å². The highest BCUT2D eigenvalue weighted by Gasteiger charge is 2.23. The molecule has 108 valence electrons. The third-order valence-electron chi connectivity index (χ3n) is 3.27. The van der Waals surface area contributed by atoms with Crippen LogP contribution >= 0.6 is 0 Å². The lowest BCUT2D eigenvalue weighted by Gasteiger charge is -2.20. The van der Waals surface area contributed by atoms with Gasteiger partial charge in [-0.1, -0.05) is 13.8 Å². The first-order valence-corrected chi connectivity index (χ1v) is 7.32. The largest absolute Gasteiger partial charge is 0.350 e. The van der Waals surface area contributed by atoms with Gasteiger partial charge in [-0.25, -0.2) is 0 Å². The summed E-state index contributed by atoms with van der Waals surface area (Å²) in [5.74, 6) is 0. The van der Waals surface area contributed by atoms with Crippen molar-refractivity contribution < 1.29 is 9.47 Å². The maximum Gasteiger partial charge on any atom is 0.159 e. The molecule has 1 fully saturated rings. The third-order valence-corrected chi connectivity index (χ3v) is 3.27. The minimum Gasteiger partial charge on any atom is -0.350 e. The molecule has 1 aliphatic rings. The number of hydrogen-bond acceptors (Lipinski definition) is 4. The molecule has 1 N–H and O–H groups in total. The number of nitrogens with one attached hydrogen (secondary N) is 1. The zero-order chi connectivity index (χ0) is 13.5. The van der Waals surface area contributed by atoms with Gasteiger partial charge in [0.2, 0.25) is 0 Å². The summed E-state index contributed by atoms with van der Waals surface area (Å²) in [7, 11) is 0. The van der Waals surface area contributed by atoms with E-state index in [-0.39, 0.29) is 12.3 Å². The highest BCUT2D eigenvalue weighted by molar-refractivity contribution is 5.10. The molecule has 1 aromatic rings. The first kappa shape index (κ1) is 14.5. The standard InChI is InChI=1S/C14H25N3O2/c1-3-5-15-13(9-14-18-7-8-19-14)12-10-16-17(11-12)6-4-2/h10-11,13-15H,3-9H2,1-2H3. The van der Waals surface area contributed by atoms with Crippen LogP contribution in [0.2, 0.25) is 0 Å². The number of ether oxygens (including phenoxy) is 2. The summed E-state index contributed by atoms with van der Waals surface area (Å²) in [5, 5.41) is 7.96. The molecule has 0 bridgehead atoms. The molecule has 1 aromatic heterocycles. The molecule has 1 atom stereocenters. The van der Waals surface area contributed by atoms with Crippen molar-refractivity contribution in [3.05, 3.63) is 18.0 Å². The van der Waals surface area contributed by atoms with Crippen LogP contribution in [-0.4, -0.2) is 35.8 Å². The number of rotatable bonds is 8. The Morgan fingerprint density at radius 3 is 2.84 bits per heavy atom. The molecule has 5 nitrogen and oxygen atoms in total. The van der Waals surface area contributed by atoms with Crippen LogP contribution in [-0.2, 0) is 16.0 Å². The second kappa shape index (κ2) is 7.62. The Labute approximate surface area is 115 Å².